The molecule has 21 heavy (non-hydrogen) atoms. The average molecular weight is 323 g/mol. The van der Waals surface area contributed by atoms with Crippen LogP contribution in [-0.2, 0) is 4.79 Å². The SMILES string of the molecule is Cc1ccc(NCC(=O)Nc2c(Cl)cccc2Cl)cc1C. The molecular weight excluding hydrogens is 307 g/mol. The first kappa shape index (κ1) is 15.7. The molecule has 2 N–H and O–H groups in total. The topological polar surface area (TPSA) is 41.1 Å². The van der Waals surface area contributed by atoms with Gasteiger partial charge in [0.15, 0.2) is 0 Å². The number of amides is 1. The van der Waals surface area contributed by atoms with Gasteiger partial charge in [-0.05, 0) is 49.2 Å². The highest BCUT2D eigenvalue weighted by Gasteiger charge is 2.09. The molecule has 2 aromatic carbocycles. The van der Waals surface area contributed by atoms with Gasteiger partial charge in [-0.15, -0.1) is 0 Å². The third-order valence-electron chi connectivity index (χ3n) is 3.19. The van der Waals surface area contributed by atoms with Crippen molar-refractivity contribution in [1.82, 2.24) is 0 Å². The lowest BCUT2D eigenvalue weighted by Crippen LogP contribution is -2.22. The number of carbonyl (C=O) groups is 1. The van der Waals surface area contributed by atoms with Gasteiger partial charge >= 0.3 is 0 Å². The molecule has 5 heteroatoms. The fraction of sp³-hybridized carbons (Fsp3) is 0.188. The van der Waals surface area contributed by atoms with E-state index in [0.717, 1.165) is 5.69 Å². The molecule has 0 aliphatic heterocycles. The Morgan fingerprint density at radius 2 is 1.71 bits per heavy atom. The first-order valence-corrected chi connectivity index (χ1v) is 7.28. The number of para-hydroxylation sites is 1. The Kier molecular flexibility index (Phi) is 5.10. The minimum Gasteiger partial charge on any atom is -0.376 e. The van der Waals surface area contributed by atoms with Crippen molar-refractivity contribution in [3.63, 3.8) is 0 Å². The Balaban J connectivity index is 1.97. The molecule has 0 saturated carbocycles. The Morgan fingerprint density at radius 1 is 1.05 bits per heavy atom. The highest BCUT2D eigenvalue weighted by Crippen LogP contribution is 2.29. The number of halogens is 2. The molecule has 0 aliphatic rings. The largest absolute Gasteiger partial charge is 0.376 e. The highest BCUT2D eigenvalue weighted by molar-refractivity contribution is 6.39. The van der Waals surface area contributed by atoms with Crippen LogP contribution in [0, 0.1) is 13.8 Å². The summed E-state index contributed by atoms with van der Waals surface area (Å²) in [7, 11) is 0. The van der Waals surface area contributed by atoms with Crippen molar-refractivity contribution in [3.05, 3.63) is 57.6 Å². The van der Waals surface area contributed by atoms with E-state index >= 15 is 0 Å². The van der Waals surface area contributed by atoms with E-state index in [1.807, 2.05) is 32.0 Å². The minimum atomic E-state index is -0.205. The quantitative estimate of drug-likeness (QED) is 0.859. The van der Waals surface area contributed by atoms with Crippen molar-refractivity contribution in [2.45, 2.75) is 13.8 Å². The molecule has 0 aliphatic carbocycles. The summed E-state index contributed by atoms with van der Waals surface area (Å²) in [6, 6.07) is 11.1. The van der Waals surface area contributed by atoms with Crippen molar-refractivity contribution in [2.75, 3.05) is 17.2 Å². The Morgan fingerprint density at radius 3 is 2.33 bits per heavy atom. The fourth-order valence-corrected chi connectivity index (χ4v) is 2.33. The maximum Gasteiger partial charge on any atom is 0.243 e. The van der Waals surface area contributed by atoms with Gasteiger partial charge in [-0.2, -0.15) is 0 Å². The molecule has 0 unspecified atom stereocenters. The van der Waals surface area contributed by atoms with Gasteiger partial charge in [-0.25, -0.2) is 0 Å². The summed E-state index contributed by atoms with van der Waals surface area (Å²) in [5, 5.41) is 6.62. The van der Waals surface area contributed by atoms with E-state index in [2.05, 4.69) is 10.6 Å². The second-order valence-electron chi connectivity index (χ2n) is 4.80. The summed E-state index contributed by atoms with van der Waals surface area (Å²) in [6.07, 6.45) is 0. The normalized spacial score (nSPS) is 10.3. The molecule has 110 valence electrons. The van der Waals surface area contributed by atoms with Gasteiger partial charge in [0, 0.05) is 5.69 Å². The van der Waals surface area contributed by atoms with Crippen LogP contribution < -0.4 is 10.6 Å². The lowest BCUT2D eigenvalue weighted by atomic mass is 10.1. The van der Waals surface area contributed by atoms with Crippen molar-refractivity contribution in [3.8, 4) is 0 Å². The van der Waals surface area contributed by atoms with E-state index < -0.39 is 0 Å². The van der Waals surface area contributed by atoms with Crippen LogP contribution in [0.4, 0.5) is 11.4 Å². The zero-order valence-corrected chi connectivity index (χ0v) is 13.3. The minimum absolute atomic E-state index is 0.143. The van der Waals surface area contributed by atoms with Crippen LogP contribution in [0.25, 0.3) is 0 Å². The van der Waals surface area contributed by atoms with Gasteiger partial charge in [0.1, 0.15) is 0 Å². The summed E-state index contributed by atoms with van der Waals surface area (Å²) in [5.74, 6) is -0.205. The molecule has 3 nitrogen and oxygen atoms in total. The van der Waals surface area contributed by atoms with E-state index in [1.54, 1.807) is 18.2 Å². The molecule has 0 spiro atoms. The molecule has 0 bridgehead atoms. The van der Waals surface area contributed by atoms with Gasteiger partial charge in [0.2, 0.25) is 5.91 Å². The lowest BCUT2D eigenvalue weighted by molar-refractivity contribution is -0.114. The zero-order valence-electron chi connectivity index (χ0n) is 11.8. The number of nitrogens with one attached hydrogen (secondary N) is 2. The molecule has 0 fully saturated rings. The second-order valence-corrected chi connectivity index (χ2v) is 5.61. The van der Waals surface area contributed by atoms with Gasteiger partial charge in [0.25, 0.3) is 0 Å². The van der Waals surface area contributed by atoms with Crippen molar-refractivity contribution >= 4 is 40.5 Å². The van der Waals surface area contributed by atoms with Gasteiger partial charge in [0.05, 0.1) is 22.3 Å². The molecule has 2 rings (SSSR count). The number of carbonyl (C=O) groups excluding carboxylic acids is 1. The molecule has 0 radical (unpaired) electrons. The number of hydrogen-bond donors (Lipinski definition) is 2. The van der Waals surface area contributed by atoms with Crippen LogP contribution in [0.2, 0.25) is 10.0 Å². The number of benzene rings is 2. The molecule has 0 atom stereocenters. The van der Waals surface area contributed by atoms with E-state index in [9.17, 15) is 4.79 Å². The van der Waals surface area contributed by atoms with E-state index in [-0.39, 0.29) is 12.5 Å². The van der Waals surface area contributed by atoms with Crippen molar-refractivity contribution in [1.29, 1.82) is 0 Å². The monoisotopic (exact) mass is 322 g/mol. The highest BCUT2D eigenvalue weighted by atomic mass is 35.5. The summed E-state index contributed by atoms with van der Waals surface area (Å²) >= 11 is 12.0. The summed E-state index contributed by atoms with van der Waals surface area (Å²) in [4.78, 5) is 12.0. The van der Waals surface area contributed by atoms with E-state index in [1.165, 1.54) is 11.1 Å². The van der Waals surface area contributed by atoms with Crippen LogP contribution in [-0.4, -0.2) is 12.5 Å². The lowest BCUT2D eigenvalue weighted by Gasteiger charge is -2.11. The molecule has 1 amide bonds. The maximum absolute atomic E-state index is 12.0. The molecule has 2 aromatic rings. The maximum atomic E-state index is 12.0. The Hall–Kier alpha value is -1.71. The smallest absolute Gasteiger partial charge is 0.243 e. The molecule has 0 saturated heterocycles. The van der Waals surface area contributed by atoms with Crippen molar-refractivity contribution < 1.29 is 4.79 Å². The predicted molar refractivity (Wildman–Crippen MR) is 89.5 cm³/mol. The predicted octanol–water partition coefficient (Wildman–Crippen LogP) is 4.66. The first-order chi connectivity index (χ1) is 9.97. The standard InChI is InChI=1S/C16H16Cl2N2O/c1-10-6-7-12(8-11(10)2)19-9-15(21)20-16-13(17)4-3-5-14(16)18/h3-8,19H,9H2,1-2H3,(H,20,21). The molecule has 0 heterocycles. The summed E-state index contributed by atoms with van der Waals surface area (Å²) < 4.78 is 0. The third-order valence-corrected chi connectivity index (χ3v) is 3.82. The molecule has 0 aromatic heterocycles. The van der Waals surface area contributed by atoms with Crippen LogP contribution in [0.5, 0.6) is 0 Å². The average Bonchev–Trinajstić information content (AvgIpc) is 2.44. The van der Waals surface area contributed by atoms with Gasteiger partial charge in [-0.1, -0.05) is 35.3 Å². The van der Waals surface area contributed by atoms with Gasteiger partial charge in [-0.3, -0.25) is 4.79 Å². The first-order valence-electron chi connectivity index (χ1n) is 6.52. The number of aryl methyl sites for hydroxylation is 2. The van der Waals surface area contributed by atoms with Crippen LogP contribution >= 0.6 is 23.2 Å². The van der Waals surface area contributed by atoms with Crippen LogP contribution in [0.3, 0.4) is 0 Å². The van der Waals surface area contributed by atoms with E-state index in [4.69, 9.17) is 23.2 Å². The number of rotatable bonds is 4. The van der Waals surface area contributed by atoms with Crippen LogP contribution in [0.1, 0.15) is 11.1 Å². The Labute approximate surface area is 134 Å². The Bertz CT molecular complexity index is 651. The van der Waals surface area contributed by atoms with Gasteiger partial charge < -0.3 is 10.6 Å². The summed E-state index contributed by atoms with van der Waals surface area (Å²) in [5.41, 5.74) is 3.73. The fourth-order valence-electron chi connectivity index (χ4n) is 1.83. The zero-order chi connectivity index (χ0) is 15.4. The van der Waals surface area contributed by atoms with Crippen molar-refractivity contribution in [2.24, 2.45) is 0 Å². The van der Waals surface area contributed by atoms with E-state index in [0.29, 0.717) is 15.7 Å². The van der Waals surface area contributed by atoms with Crippen LogP contribution in [0.15, 0.2) is 36.4 Å². The summed E-state index contributed by atoms with van der Waals surface area (Å²) in [6.45, 7) is 4.22. The molecular formula is C16H16Cl2N2O. The number of hydrogen-bond acceptors (Lipinski definition) is 2. The third kappa shape index (κ3) is 4.13. The number of anilines is 2. The second kappa shape index (κ2) is 6.83.